The monoisotopic (exact) mass is 139 g/mol. The summed E-state index contributed by atoms with van der Waals surface area (Å²) in [6.07, 6.45) is 2.92. The first-order chi connectivity index (χ1) is 4.79. The van der Waals surface area contributed by atoms with Crippen molar-refractivity contribution in [1.29, 1.82) is 0 Å². The highest BCUT2D eigenvalue weighted by atomic mass is 16.5. The van der Waals surface area contributed by atoms with E-state index in [2.05, 4.69) is 10.1 Å². The minimum absolute atomic E-state index is 0.0531. The number of nitrogens with zero attached hydrogens (tertiary/aromatic N) is 4. The fourth-order valence-electron chi connectivity index (χ4n) is 0.780. The molecule has 3 N–H and O–H groups in total. The Balaban J connectivity index is 2.95. The molecule has 0 unspecified atom stereocenters. The van der Waals surface area contributed by atoms with Crippen LogP contribution >= 0.6 is 0 Å². The van der Waals surface area contributed by atoms with E-state index in [-0.39, 0.29) is 5.95 Å². The van der Waals surface area contributed by atoms with Crippen LogP contribution in [0, 0.1) is 0 Å². The van der Waals surface area contributed by atoms with Crippen LogP contribution in [0.2, 0.25) is 0 Å². The van der Waals surface area contributed by atoms with E-state index in [0.717, 1.165) is 4.73 Å². The van der Waals surface area contributed by atoms with E-state index in [1.165, 1.54) is 17.0 Å². The molecular weight excluding hydrogens is 134 g/mol. The van der Waals surface area contributed by atoms with Gasteiger partial charge in [-0.25, -0.2) is 4.98 Å². The maximum absolute atomic E-state index is 9.06. The standard InChI is InChI=1S/C4H5N5O/c5-4-7-8-2-6-1-3(8)9(4)10/h1-2,10H,(H2,5,7). The van der Waals surface area contributed by atoms with Gasteiger partial charge in [0.2, 0.25) is 0 Å². The Morgan fingerprint density at radius 1 is 1.60 bits per heavy atom. The molecule has 0 atom stereocenters. The van der Waals surface area contributed by atoms with Crippen molar-refractivity contribution in [2.45, 2.75) is 0 Å². The SMILES string of the molecule is Nc1nn2cncc2n1O. The summed E-state index contributed by atoms with van der Waals surface area (Å²) in [6.45, 7) is 0. The molecule has 0 aliphatic rings. The summed E-state index contributed by atoms with van der Waals surface area (Å²) in [4.78, 5) is 3.73. The molecule has 0 saturated heterocycles. The Hall–Kier alpha value is -1.72. The summed E-state index contributed by atoms with van der Waals surface area (Å²) in [5.74, 6) is 0.0531. The van der Waals surface area contributed by atoms with E-state index in [4.69, 9.17) is 10.9 Å². The van der Waals surface area contributed by atoms with Gasteiger partial charge in [-0.05, 0) is 0 Å². The Labute approximate surface area is 55.5 Å². The molecule has 0 spiro atoms. The van der Waals surface area contributed by atoms with Gasteiger partial charge in [-0.1, -0.05) is 0 Å². The van der Waals surface area contributed by atoms with Gasteiger partial charge in [0.05, 0.1) is 6.20 Å². The first kappa shape index (κ1) is 5.10. The number of nitrogen functional groups attached to an aromatic ring is 1. The van der Waals surface area contributed by atoms with Crippen LogP contribution in [-0.4, -0.2) is 24.5 Å². The van der Waals surface area contributed by atoms with E-state index in [1.807, 2.05) is 0 Å². The van der Waals surface area contributed by atoms with Gasteiger partial charge in [-0.15, -0.1) is 9.83 Å². The van der Waals surface area contributed by atoms with E-state index < -0.39 is 0 Å². The molecule has 2 rings (SSSR count). The average Bonchev–Trinajstić information content (AvgIpc) is 2.41. The van der Waals surface area contributed by atoms with Crippen LogP contribution in [0.1, 0.15) is 0 Å². The molecule has 0 aliphatic heterocycles. The molecule has 0 aromatic carbocycles. The van der Waals surface area contributed by atoms with E-state index in [1.54, 1.807) is 0 Å². The second kappa shape index (κ2) is 1.41. The van der Waals surface area contributed by atoms with Crippen molar-refractivity contribution in [1.82, 2.24) is 19.3 Å². The van der Waals surface area contributed by atoms with Gasteiger partial charge in [-0.3, -0.25) is 0 Å². The molecule has 52 valence electrons. The van der Waals surface area contributed by atoms with Crippen LogP contribution < -0.4 is 5.73 Å². The zero-order chi connectivity index (χ0) is 7.14. The second-order valence-corrected chi connectivity index (χ2v) is 1.87. The van der Waals surface area contributed by atoms with Crippen molar-refractivity contribution >= 4 is 11.6 Å². The van der Waals surface area contributed by atoms with Gasteiger partial charge in [0.1, 0.15) is 6.33 Å². The van der Waals surface area contributed by atoms with Crippen molar-refractivity contribution < 1.29 is 5.21 Å². The highest BCUT2D eigenvalue weighted by molar-refractivity contribution is 5.40. The fourth-order valence-corrected chi connectivity index (χ4v) is 0.780. The zero-order valence-electron chi connectivity index (χ0n) is 4.97. The predicted octanol–water partition coefficient (Wildman–Crippen LogP) is -0.650. The van der Waals surface area contributed by atoms with E-state index in [9.17, 15) is 0 Å². The van der Waals surface area contributed by atoms with Crippen LogP contribution in [0.25, 0.3) is 5.65 Å². The number of hydrogen-bond acceptors (Lipinski definition) is 4. The number of rotatable bonds is 0. The lowest BCUT2D eigenvalue weighted by Gasteiger charge is -1.87. The molecule has 0 amide bonds. The first-order valence-corrected chi connectivity index (χ1v) is 2.65. The van der Waals surface area contributed by atoms with Gasteiger partial charge in [0.25, 0.3) is 5.95 Å². The number of aromatic nitrogens is 4. The topological polar surface area (TPSA) is 81.4 Å². The molecule has 6 nitrogen and oxygen atoms in total. The number of fused-ring (bicyclic) bond motifs is 1. The quantitative estimate of drug-likeness (QED) is 0.475. The summed E-state index contributed by atoms with van der Waals surface area (Å²) in [5.41, 5.74) is 5.71. The van der Waals surface area contributed by atoms with Crippen LogP contribution in [-0.2, 0) is 0 Å². The summed E-state index contributed by atoms with van der Waals surface area (Å²) in [5, 5.41) is 12.8. The number of nitrogens with two attached hydrogens (primary N) is 1. The average molecular weight is 139 g/mol. The molecule has 2 aromatic rings. The van der Waals surface area contributed by atoms with Gasteiger partial charge >= 0.3 is 0 Å². The molecule has 0 aliphatic carbocycles. The number of imidazole rings is 1. The molecule has 0 bridgehead atoms. The normalized spacial score (nSPS) is 10.8. The minimum Gasteiger partial charge on any atom is -0.423 e. The van der Waals surface area contributed by atoms with Crippen LogP contribution in [0.4, 0.5) is 5.95 Å². The third-order valence-electron chi connectivity index (χ3n) is 1.24. The first-order valence-electron chi connectivity index (χ1n) is 2.65. The van der Waals surface area contributed by atoms with Crippen LogP contribution in [0.3, 0.4) is 0 Å². The van der Waals surface area contributed by atoms with Gasteiger partial charge in [-0.2, -0.15) is 4.52 Å². The molecule has 10 heavy (non-hydrogen) atoms. The van der Waals surface area contributed by atoms with E-state index in [0.29, 0.717) is 5.65 Å². The largest absolute Gasteiger partial charge is 0.423 e. The minimum atomic E-state index is 0.0531. The van der Waals surface area contributed by atoms with Crippen molar-refractivity contribution in [3.05, 3.63) is 12.5 Å². The Bertz CT molecular complexity index is 360. The Morgan fingerprint density at radius 3 is 3.10 bits per heavy atom. The van der Waals surface area contributed by atoms with Crippen molar-refractivity contribution in [2.24, 2.45) is 0 Å². The lowest BCUT2D eigenvalue weighted by Crippen LogP contribution is -1.97. The predicted molar refractivity (Wildman–Crippen MR) is 32.6 cm³/mol. The lowest BCUT2D eigenvalue weighted by atomic mass is 10.8. The van der Waals surface area contributed by atoms with E-state index >= 15 is 0 Å². The van der Waals surface area contributed by atoms with Gasteiger partial charge in [0.15, 0.2) is 5.65 Å². The number of anilines is 1. The zero-order valence-corrected chi connectivity index (χ0v) is 4.97. The highest BCUT2D eigenvalue weighted by Gasteiger charge is 2.04. The maximum atomic E-state index is 9.06. The highest BCUT2D eigenvalue weighted by Crippen LogP contribution is 2.03. The summed E-state index contributed by atoms with van der Waals surface area (Å²) >= 11 is 0. The Morgan fingerprint density at radius 2 is 2.40 bits per heavy atom. The molecule has 0 fully saturated rings. The lowest BCUT2D eigenvalue weighted by molar-refractivity contribution is 0.204. The molecule has 2 heterocycles. The van der Waals surface area contributed by atoms with Crippen LogP contribution in [0.5, 0.6) is 0 Å². The molecule has 2 aromatic heterocycles. The maximum Gasteiger partial charge on any atom is 0.254 e. The Kier molecular flexibility index (Phi) is 0.717. The smallest absolute Gasteiger partial charge is 0.254 e. The van der Waals surface area contributed by atoms with Crippen molar-refractivity contribution in [3.63, 3.8) is 0 Å². The second-order valence-electron chi connectivity index (χ2n) is 1.87. The fraction of sp³-hybridized carbons (Fsp3) is 0. The van der Waals surface area contributed by atoms with Gasteiger partial charge < -0.3 is 10.9 Å². The summed E-state index contributed by atoms with van der Waals surface area (Å²) in [7, 11) is 0. The van der Waals surface area contributed by atoms with Crippen molar-refractivity contribution in [3.8, 4) is 0 Å². The van der Waals surface area contributed by atoms with Crippen molar-refractivity contribution in [2.75, 3.05) is 5.73 Å². The van der Waals surface area contributed by atoms with Crippen LogP contribution in [0.15, 0.2) is 12.5 Å². The molecule has 6 heteroatoms. The molecule has 0 radical (unpaired) electrons. The van der Waals surface area contributed by atoms with Gasteiger partial charge in [0, 0.05) is 0 Å². The summed E-state index contributed by atoms with van der Waals surface area (Å²) < 4.78 is 2.16. The molecular formula is C4H5N5O. The summed E-state index contributed by atoms with van der Waals surface area (Å²) in [6, 6.07) is 0. The third-order valence-corrected chi connectivity index (χ3v) is 1.24. The number of hydrogen-bond donors (Lipinski definition) is 2. The third kappa shape index (κ3) is 0.426. The molecule has 0 saturated carbocycles.